The van der Waals surface area contributed by atoms with Crippen LogP contribution in [0.4, 0.5) is 0 Å². The van der Waals surface area contributed by atoms with Gasteiger partial charge in [0.05, 0.1) is 6.10 Å². The molecular weight excluding hydrogens is 196 g/mol. The van der Waals surface area contributed by atoms with Gasteiger partial charge in [-0.2, -0.15) is 0 Å². The minimum absolute atomic E-state index is 0.382. The van der Waals surface area contributed by atoms with Gasteiger partial charge in [-0.25, -0.2) is 0 Å². The largest absolute Gasteiger partial charge is 0.392 e. The van der Waals surface area contributed by atoms with E-state index in [1.165, 1.54) is 0 Å². The Hall–Kier alpha value is -0.790. The molecule has 1 atom stereocenters. The van der Waals surface area contributed by atoms with Gasteiger partial charge in [-0.1, -0.05) is 29.8 Å². The van der Waals surface area contributed by atoms with Crippen molar-refractivity contribution in [2.24, 2.45) is 0 Å². The molecule has 0 spiro atoms. The molecule has 1 N–H and O–H groups in total. The van der Waals surface area contributed by atoms with E-state index in [4.69, 9.17) is 11.6 Å². The highest BCUT2D eigenvalue weighted by Gasteiger charge is 2.06. The molecule has 0 aliphatic carbocycles. The minimum Gasteiger partial charge on any atom is -0.392 e. The molecule has 0 saturated heterocycles. The second-order valence-electron chi connectivity index (χ2n) is 3.48. The molecule has 0 heterocycles. The maximum atomic E-state index is 9.57. The van der Waals surface area contributed by atoms with Crippen molar-refractivity contribution in [3.05, 3.63) is 47.0 Å². The van der Waals surface area contributed by atoms with E-state index in [1.807, 2.05) is 25.1 Å². The van der Waals surface area contributed by atoms with Crippen molar-refractivity contribution >= 4 is 11.6 Å². The van der Waals surface area contributed by atoms with Crippen LogP contribution in [0.25, 0.3) is 0 Å². The van der Waals surface area contributed by atoms with Crippen LogP contribution in [0.5, 0.6) is 0 Å². The summed E-state index contributed by atoms with van der Waals surface area (Å²) in [5.74, 6) is 0. The minimum atomic E-state index is -0.382. The Kier molecular flexibility index (Phi) is 4.18. The first-order valence-electron chi connectivity index (χ1n) is 4.67. The Morgan fingerprint density at radius 3 is 2.86 bits per heavy atom. The maximum absolute atomic E-state index is 9.57. The van der Waals surface area contributed by atoms with Gasteiger partial charge >= 0.3 is 0 Å². The highest BCUT2D eigenvalue weighted by Crippen LogP contribution is 2.19. The number of aliphatic hydroxyl groups is 1. The van der Waals surface area contributed by atoms with E-state index < -0.39 is 0 Å². The third kappa shape index (κ3) is 3.17. The fourth-order valence-electron chi connectivity index (χ4n) is 1.35. The lowest BCUT2D eigenvalue weighted by molar-refractivity contribution is 0.178. The number of hydrogen-bond donors (Lipinski definition) is 1. The number of aryl methyl sites for hydroxylation is 1. The summed E-state index contributed by atoms with van der Waals surface area (Å²) in [6, 6.07) is 5.88. The molecule has 0 amide bonds. The Morgan fingerprint density at radius 1 is 1.57 bits per heavy atom. The summed E-state index contributed by atoms with van der Waals surface area (Å²) in [5.41, 5.74) is 2.13. The first-order valence-corrected chi connectivity index (χ1v) is 5.05. The predicted molar refractivity (Wildman–Crippen MR) is 60.7 cm³/mol. The lowest BCUT2D eigenvalue weighted by Gasteiger charge is -2.09. The van der Waals surface area contributed by atoms with Crippen molar-refractivity contribution in [3.63, 3.8) is 0 Å². The fourth-order valence-corrected chi connectivity index (χ4v) is 1.66. The maximum Gasteiger partial charge on any atom is 0.0615 e. The van der Waals surface area contributed by atoms with Crippen molar-refractivity contribution in [2.75, 3.05) is 0 Å². The fraction of sp³-hybridized carbons (Fsp3) is 0.333. The van der Waals surface area contributed by atoms with E-state index in [2.05, 4.69) is 6.58 Å². The average Bonchev–Trinajstić information content (AvgIpc) is 2.10. The normalized spacial score (nSPS) is 12.5. The van der Waals surface area contributed by atoms with Crippen molar-refractivity contribution < 1.29 is 5.11 Å². The van der Waals surface area contributed by atoms with E-state index in [1.54, 1.807) is 6.08 Å². The van der Waals surface area contributed by atoms with Crippen LogP contribution in [0, 0.1) is 6.92 Å². The first kappa shape index (κ1) is 11.3. The number of rotatable bonds is 4. The molecule has 0 bridgehead atoms. The van der Waals surface area contributed by atoms with E-state index in [9.17, 15) is 5.11 Å². The molecule has 0 fully saturated rings. The molecule has 0 aliphatic heterocycles. The predicted octanol–water partition coefficient (Wildman–Crippen LogP) is 3.13. The third-order valence-electron chi connectivity index (χ3n) is 2.10. The first-order chi connectivity index (χ1) is 6.63. The van der Waals surface area contributed by atoms with E-state index in [0.29, 0.717) is 12.8 Å². The zero-order valence-electron chi connectivity index (χ0n) is 8.33. The van der Waals surface area contributed by atoms with Gasteiger partial charge in [-0.05, 0) is 30.5 Å². The van der Waals surface area contributed by atoms with Crippen LogP contribution in [0.1, 0.15) is 17.5 Å². The topological polar surface area (TPSA) is 20.2 Å². The SMILES string of the molecule is C=CCC(O)Cc1ccc(C)cc1Cl. The van der Waals surface area contributed by atoms with Crippen LogP contribution in [0.15, 0.2) is 30.9 Å². The van der Waals surface area contributed by atoms with Gasteiger partial charge in [0.2, 0.25) is 0 Å². The van der Waals surface area contributed by atoms with Crippen LogP contribution in [-0.2, 0) is 6.42 Å². The lowest BCUT2D eigenvalue weighted by Crippen LogP contribution is -2.09. The number of hydrogen-bond acceptors (Lipinski definition) is 1. The molecule has 0 aromatic heterocycles. The smallest absolute Gasteiger partial charge is 0.0615 e. The quantitative estimate of drug-likeness (QED) is 0.758. The molecular formula is C12H15ClO. The van der Waals surface area contributed by atoms with E-state index in [0.717, 1.165) is 16.1 Å². The summed E-state index contributed by atoms with van der Waals surface area (Å²) in [4.78, 5) is 0. The number of halogens is 1. The van der Waals surface area contributed by atoms with Crippen molar-refractivity contribution in [2.45, 2.75) is 25.9 Å². The van der Waals surface area contributed by atoms with Crippen LogP contribution < -0.4 is 0 Å². The Morgan fingerprint density at radius 2 is 2.29 bits per heavy atom. The molecule has 1 rings (SSSR count). The zero-order chi connectivity index (χ0) is 10.6. The van der Waals surface area contributed by atoms with Crippen molar-refractivity contribution in [1.82, 2.24) is 0 Å². The molecule has 1 aromatic carbocycles. The van der Waals surface area contributed by atoms with Gasteiger partial charge in [0.1, 0.15) is 0 Å². The summed E-state index contributed by atoms with van der Waals surface area (Å²) in [7, 11) is 0. The zero-order valence-corrected chi connectivity index (χ0v) is 9.09. The van der Waals surface area contributed by atoms with Gasteiger partial charge in [-0.15, -0.1) is 6.58 Å². The van der Waals surface area contributed by atoms with Gasteiger partial charge in [0.25, 0.3) is 0 Å². The Bertz CT molecular complexity index is 320. The Balaban J connectivity index is 2.71. The standard InChI is InChI=1S/C12H15ClO/c1-3-4-11(14)8-10-6-5-9(2)7-12(10)13/h3,5-7,11,14H,1,4,8H2,2H3. The van der Waals surface area contributed by atoms with E-state index in [-0.39, 0.29) is 6.10 Å². The molecule has 14 heavy (non-hydrogen) atoms. The molecule has 1 unspecified atom stereocenters. The van der Waals surface area contributed by atoms with E-state index >= 15 is 0 Å². The highest BCUT2D eigenvalue weighted by molar-refractivity contribution is 6.31. The highest BCUT2D eigenvalue weighted by atomic mass is 35.5. The molecule has 0 radical (unpaired) electrons. The molecule has 0 saturated carbocycles. The van der Waals surface area contributed by atoms with Gasteiger partial charge in [-0.3, -0.25) is 0 Å². The van der Waals surface area contributed by atoms with Crippen molar-refractivity contribution in [1.29, 1.82) is 0 Å². The summed E-state index contributed by atoms with van der Waals surface area (Å²) in [6.07, 6.45) is 2.52. The van der Waals surface area contributed by atoms with Crippen LogP contribution in [-0.4, -0.2) is 11.2 Å². The van der Waals surface area contributed by atoms with Crippen LogP contribution in [0.2, 0.25) is 5.02 Å². The summed E-state index contributed by atoms with van der Waals surface area (Å²) in [6.45, 7) is 5.58. The molecule has 1 nitrogen and oxygen atoms in total. The number of aliphatic hydroxyl groups excluding tert-OH is 1. The Labute approximate surface area is 90.0 Å². The third-order valence-corrected chi connectivity index (χ3v) is 2.45. The molecule has 76 valence electrons. The second kappa shape index (κ2) is 5.18. The second-order valence-corrected chi connectivity index (χ2v) is 3.88. The molecule has 2 heteroatoms. The monoisotopic (exact) mass is 210 g/mol. The lowest BCUT2D eigenvalue weighted by atomic mass is 10.0. The van der Waals surface area contributed by atoms with Crippen LogP contribution >= 0.6 is 11.6 Å². The van der Waals surface area contributed by atoms with Crippen molar-refractivity contribution in [3.8, 4) is 0 Å². The van der Waals surface area contributed by atoms with Gasteiger partial charge in [0.15, 0.2) is 0 Å². The van der Waals surface area contributed by atoms with Gasteiger partial charge < -0.3 is 5.11 Å². The summed E-state index contributed by atoms with van der Waals surface area (Å²) < 4.78 is 0. The molecule has 1 aromatic rings. The number of benzene rings is 1. The van der Waals surface area contributed by atoms with Crippen LogP contribution in [0.3, 0.4) is 0 Å². The summed E-state index contributed by atoms with van der Waals surface area (Å²) >= 11 is 6.04. The van der Waals surface area contributed by atoms with Gasteiger partial charge in [0, 0.05) is 11.4 Å². The average molecular weight is 211 g/mol. The summed E-state index contributed by atoms with van der Waals surface area (Å²) in [5, 5.41) is 10.3. The molecule has 0 aliphatic rings.